The van der Waals surface area contributed by atoms with E-state index in [4.69, 9.17) is 4.74 Å². The van der Waals surface area contributed by atoms with Crippen molar-refractivity contribution in [2.75, 3.05) is 19.8 Å². The Morgan fingerprint density at radius 1 is 1.04 bits per heavy atom. The summed E-state index contributed by atoms with van der Waals surface area (Å²) >= 11 is 0. The van der Waals surface area contributed by atoms with Gasteiger partial charge in [-0.1, -0.05) is 30.4 Å². The number of aliphatic hydroxyl groups is 5. The van der Waals surface area contributed by atoms with Crippen molar-refractivity contribution in [1.82, 2.24) is 4.90 Å². The van der Waals surface area contributed by atoms with Crippen LogP contribution in [0.25, 0.3) is 0 Å². The average molecular weight is 339 g/mol. The predicted octanol–water partition coefficient (Wildman–Crippen LogP) is -0.992. The van der Waals surface area contributed by atoms with Gasteiger partial charge in [0.05, 0.1) is 12.6 Å². The van der Waals surface area contributed by atoms with Gasteiger partial charge in [0.25, 0.3) is 0 Å². The maximum Gasteiger partial charge on any atom is 0.136 e. The monoisotopic (exact) mass is 339 g/mol. The van der Waals surface area contributed by atoms with E-state index in [-0.39, 0.29) is 6.54 Å². The molecule has 1 aromatic carbocycles. The van der Waals surface area contributed by atoms with Crippen LogP contribution in [0.15, 0.2) is 36.4 Å². The van der Waals surface area contributed by atoms with E-state index in [1.807, 2.05) is 31.2 Å². The van der Waals surface area contributed by atoms with Crippen LogP contribution < -0.4 is 4.74 Å². The van der Waals surface area contributed by atoms with E-state index in [1.165, 1.54) is 4.90 Å². The summed E-state index contributed by atoms with van der Waals surface area (Å²) in [6.07, 6.45) is -2.26. The summed E-state index contributed by atoms with van der Waals surface area (Å²) in [7, 11) is 0. The number of hydrogen-bond donors (Lipinski definition) is 5. The first-order chi connectivity index (χ1) is 11.5. The predicted molar refractivity (Wildman–Crippen MR) is 87.4 cm³/mol. The second kappa shape index (κ2) is 8.57. The van der Waals surface area contributed by atoms with Crippen molar-refractivity contribution in [2.45, 2.75) is 37.5 Å². The zero-order chi connectivity index (χ0) is 17.7. The second-order valence-electron chi connectivity index (χ2n) is 5.88. The van der Waals surface area contributed by atoms with Crippen LogP contribution in [0.1, 0.15) is 5.56 Å². The van der Waals surface area contributed by atoms with E-state index >= 15 is 0 Å². The normalized spacial score (nSPS) is 31.5. The minimum Gasteiger partial charge on any atom is -0.489 e. The van der Waals surface area contributed by atoms with Gasteiger partial charge in [-0.3, -0.25) is 4.90 Å². The molecule has 7 heteroatoms. The van der Waals surface area contributed by atoms with Crippen LogP contribution >= 0.6 is 0 Å². The first kappa shape index (κ1) is 18.9. The molecular formula is C17H25NO6. The number of rotatable bonds is 6. The molecule has 1 fully saturated rings. The first-order valence-corrected chi connectivity index (χ1v) is 7.89. The van der Waals surface area contributed by atoms with Crippen LogP contribution in [0.2, 0.25) is 0 Å². The number of hydrogen-bond acceptors (Lipinski definition) is 7. The highest BCUT2D eigenvalue weighted by atomic mass is 16.5. The molecule has 134 valence electrons. The smallest absolute Gasteiger partial charge is 0.136 e. The third kappa shape index (κ3) is 4.13. The van der Waals surface area contributed by atoms with Crippen molar-refractivity contribution in [1.29, 1.82) is 0 Å². The maximum absolute atomic E-state index is 10.0. The Kier molecular flexibility index (Phi) is 6.73. The number of ether oxygens (including phenoxy) is 1. The summed E-state index contributed by atoms with van der Waals surface area (Å²) in [6.45, 7) is 2.01. The minimum atomic E-state index is -1.50. The molecule has 0 amide bonds. The van der Waals surface area contributed by atoms with Crippen molar-refractivity contribution in [3.8, 4) is 5.75 Å². The molecular weight excluding hydrogens is 314 g/mol. The number of likely N-dealkylation sites (tertiary alicyclic amines) is 1. The molecule has 1 heterocycles. The molecule has 2 rings (SSSR count). The first-order valence-electron chi connectivity index (χ1n) is 7.89. The average Bonchev–Trinajstić information content (AvgIpc) is 2.58. The highest BCUT2D eigenvalue weighted by Crippen LogP contribution is 2.23. The van der Waals surface area contributed by atoms with Crippen molar-refractivity contribution < 1.29 is 30.3 Å². The fraction of sp³-hybridized carbons (Fsp3) is 0.529. The molecule has 1 aliphatic heterocycles. The van der Waals surface area contributed by atoms with Gasteiger partial charge in [0.1, 0.15) is 36.9 Å². The number of piperidine rings is 1. The Hall–Kier alpha value is -1.48. The third-order valence-electron chi connectivity index (χ3n) is 4.26. The Balaban J connectivity index is 1.90. The van der Waals surface area contributed by atoms with E-state index in [1.54, 1.807) is 12.2 Å². The topological polar surface area (TPSA) is 114 Å². The van der Waals surface area contributed by atoms with Gasteiger partial charge >= 0.3 is 0 Å². The maximum atomic E-state index is 10.0. The molecule has 24 heavy (non-hydrogen) atoms. The molecule has 1 aliphatic rings. The van der Waals surface area contributed by atoms with E-state index in [2.05, 4.69) is 0 Å². The van der Waals surface area contributed by atoms with E-state index in [0.29, 0.717) is 6.61 Å². The van der Waals surface area contributed by atoms with Crippen LogP contribution in [0, 0.1) is 6.92 Å². The van der Waals surface area contributed by atoms with Gasteiger partial charge in [-0.15, -0.1) is 0 Å². The molecule has 7 nitrogen and oxygen atoms in total. The lowest BCUT2D eigenvalue weighted by atomic mass is 9.93. The fourth-order valence-corrected chi connectivity index (χ4v) is 2.77. The number of nitrogens with zero attached hydrogens (tertiary/aromatic N) is 1. The van der Waals surface area contributed by atoms with Crippen molar-refractivity contribution in [2.24, 2.45) is 0 Å². The lowest BCUT2D eigenvalue weighted by Crippen LogP contribution is -2.67. The number of aryl methyl sites for hydroxylation is 1. The van der Waals surface area contributed by atoms with Gasteiger partial charge in [0.2, 0.25) is 0 Å². The van der Waals surface area contributed by atoms with Crippen LogP contribution in [0.4, 0.5) is 0 Å². The van der Waals surface area contributed by atoms with E-state index in [9.17, 15) is 25.5 Å². The van der Waals surface area contributed by atoms with Gasteiger partial charge in [0.15, 0.2) is 0 Å². The third-order valence-corrected chi connectivity index (χ3v) is 4.26. The molecule has 1 aromatic rings. The summed E-state index contributed by atoms with van der Waals surface area (Å²) in [4.78, 5) is 1.34. The summed E-state index contributed by atoms with van der Waals surface area (Å²) in [5.41, 5.74) is 1.03. The quantitative estimate of drug-likeness (QED) is 0.423. The molecule has 5 N–H and O–H groups in total. The van der Waals surface area contributed by atoms with Crippen LogP contribution in [-0.2, 0) is 0 Å². The highest BCUT2D eigenvalue weighted by molar-refractivity contribution is 5.31. The summed E-state index contributed by atoms with van der Waals surface area (Å²) < 4.78 is 5.61. The fourth-order valence-electron chi connectivity index (χ4n) is 2.77. The molecule has 0 bridgehead atoms. The Bertz CT molecular complexity index is 552. The molecule has 0 spiro atoms. The molecule has 1 saturated heterocycles. The molecule has 0 aromatic heterocycles. The SMILES string of the molecule is Cc1ccccc1OC/C=C/CN1C(O)[C@H](O)[C@@H](O)[C@H](O)[C@H]1CO. The minimum absolute atomic E-state index is 0.185. The van der Waals surface area contributed by atoms with Crippen molar-refractivity contribution in [3.05, 3.63) is 42.0 Å². The standard InChI is InChI=1S/C17H25NO6/c1-11-6-2-3-7-13(11)24-9-5-4-8-18-12(10-19)14(20)15(21)16(22)17(18)23/h2-7,12,14-17,19-23H,8-10H2,1H3/b5-4+/t12-,14-,15+,16-,17?/m1/s1. The van der Waals surface area contributed by atoms with Gasteiger partial charge in [-0.25, -0.2) is 0 Å². The second-order valence-corrected chi connectivity index (χ2v) is 5.88. The Labute approximate surface area is 141 Å². The van der Waals surface area contributed by atoms with Gasteiger partial charge in [0, 0.05) is 6.54 Å². The van der Waals surface area contributed by atoms with E-state index in [0.717, 1.165) is 11.3 Å². The Morgan fingerprint density at radius 3 is 2.42 bits per heavy atom. The van der Waals surface area contributed by atoms with Gasteiger partial charge < -0.3 is 30.3 Å². The molecule has 0 radical (unpaired) electrons. The van der Waals surface area contributed by atoms with Crippen molar-refractivity contribution >= 4 is 0 Å². The molecule has 0 saturated carbocycles. The van der Waals surface area contributed by atoms with Crippen LogP contribution in [-0.4, -0.2) is 80.8 Å². The molecule has 1 unspecified atom stereocenters. The van der Waals surface area contributed by atoms with Crippen LogP contribution in [0.3, 0.4) is 0 Å². The molecule has 5 atom stereocenters. The number of para-hydroxylation sites is 1. The lowest BCUT2D eigenvalue weighted by Gasteiger charge is -2.46. The summed E-state index contributed by atoms with van der Waals surface area (Å²) in [5.74, 6) is 0.780. The number of benzene rings is 1. The van der Waals surface area contributed by atoms with Gasteiger partial charge in [-0.05, 0) is 18.6 Å². The van der Waals surface area contributed by atoms with Crippen LogP contribution in [0.5, 0.6) is 5.75 Å². The summed E-state index contributed by atoms with van der Waals surface area (Å²) in [5, 5.41) is 48.7. The molecule has 0 aliphatic carbocycles. The van der Waals surface area contributed by atoms with Crippen molar-refractivity contribution in [3.63, 3.8) is 0 Å². The zero-order valence-corrected chi connectivity index (χ0v) is 13.6. The van der Waals surface area contributed by atoms with E-state index < -0.39 is 37.2 Å². The zero-order valence-electron chi connectivity index (χ0n) is 13.6. The lowest BCUT2D eigenvalue weighted by molar-refractivity contribution is -0.219. The van der Waals surface area contributed by atoms with Gasteiger partial charge in [-0.2, -0.15) is 0 Å². The Morgan fingerprint density at radius 2 is 1.75 bits per heavy atom. The number of aliphatic hydroxyl groups excluding tert-OH is 5. The highest BCUT2D eigenvalue weighted by Gasteiger charge is 2.46. The summed E-state index contributed by atoms with van der Waals surface area (Å²) in [6, 6.07) is 6.77. The largest absolute Gasteiger partial charge is 0.489 e.